The summed E-state index contributed by atoms with van der Waals surface area (Å²) in [6, 6.07) is 4.72. The largest absolute Gasteiger partial charge is 0.392 e. The number of hydrogen-bond donors (Lipinski definition) is 1. The third-order valence-electron chi connectivity index (χ3n) is 2.36. The number of sulfonamides is 1. The molecule has 0 heterocycles. The molecule has 1 aromatic rings. The fraction of sp³-hybridized carbons (Fsp3) is 0.455. The Morgan fingerprint density at radius 3 is 2.59 bits per heavy atom. The summed E-state index contributed by atoms with van der Waals surface area (Å²) in [7, 11) is -2.17. The lowest BCUT2D eigenvalue weighted by Gasteiger charge is -2.19. The zero-order valence-electron chi connectivity index (χ0n) is 10.0. The van der Waals surface area contributed by atoms with E-state index >= 15 is 0 Å². The number of aliphatic hydroxyl groups excluding tert-OH is 1. The number of rotatable bonds is 4. The number of aliphatic hydroxyl groups is 1. The number of halogens is 1. The molecule has 1 aromatic carbocycles. The van der Waals surface area contributed by atoms with Gasteiger partial charge >= 0.3 is 0 Å². The quantitative estimate of drug-likeness (QED) is 0.910. The minimum Gasteiger partial charge on any atom is -0.392 e. The molecule has 6 heteroatoms. The number of hydrogen-bond acceptors (Lipinski definition) is 3. The number of nitrogens with zero attached hydrogens (tertiary/aromatic N) is 1. The molecule has 0 fully saturated rings. The van der Waals surface area contributed by atoms with Gasteiger partial charge in [-0.2, -0.15) is 4.31 Å². The number of benzene rings is 1. The zero-order chi connectivity index (χ0) is 13.2. The zero-order valence-corrected chi connectivity index (χ0v) is 11.6. The second kappa shape index (κ2) is 5.35. The normalized spacial score (nSPS) is 14.0. The Hall–Kier alpha value is -0.620. The molecule has 0 saturated carbocycles. The van der Waals surface area contributed by atoms with E-state index in [2.05, 4.69) is 0 Å². The third-order valence-corrected chi connectivity index (χ3v) is 4.56. The van der Waals surface area contributed by atoms with Crippen molar-refractivity contribution in [1.29, 1.82) is 0 Å². The summed E-state index contributed by atoms with van der Waals surface area (Å²) in [5.74, 6) is 0. The molecule has 1 N–H and O–H groups in total. The van der Waals surface area contributed by atoms with Gasteiger partial charge in [-0.3, -0.25) is 0 Å². The van der Waals surface area contributed by atoms with Gasteiger partial charge in [0, 0.05) is 18.6 Å². The van der Waals surface area contributed by atoms with Crippen molar-refractivity contribution in [3.05, 3.63) is 28.8 Å². The van der Waals surface area contributed by atoms with Gasteiger partial charge in [-0.25, -0.2) is 8.42 Å². The first-order chi connectivity index (χ1) is 7.75. The van der Waals surface area contributed by atoms with Gasteiger partial charge in [-0.05, 0) is 31.5 Å². The molecule has 4 nitrogen and oxygen atoms in total. The highest BCUT2D eigenvalue weighted by atomic mass is 35.5. The van der Waals surface area contributed by atoms with E-state index in [-0.39, 0.29) is 11.4 Å². The lowest BCUT2D eigenvalue weighted by Crippen LogP contribution is -2.33. The first kappa shape index (κ1) is 14.4. The fourth-order valence-electron chi connectivity index (χ4n) is 1.49. The van der Waals surface area contributed by atoms with Crippen LogP contribution in [0.5, 0.6) is 0 Å². The summed E-state index contributed by atoms with van der Waals surface area (Å²) < 4.78 is 25.5. The van der Waals surface area contributed by atoms with Crippen LogP contribution in [0.3, 0.4) is 0 Å². The number of aryl methyl sites for hydroxylation is 1. The summed E-state index contributed by atoms with van der Waals surface area (Å²) in [5, 5.41) is 9.60. The molecule has 0 spiro atoms. The third kappa shape index (κ3) is 3.42. The van der Waals surface area contributed by atoms with Crippen LogP contribution in [0.25, 0.3) is 0 Å². The molecule has 1 unspecified atom stereocenters. The average molecular weight is 278 g/mol. The highest BCUT2D eigenvalue weighted by molar-refractivity contribution is 7.89. The Kier molecular flexibility index (Phi) is 4.55. The smallest absolute Gasteiger partial charge is 0.243 e. The maximum atomic E-state index is 12.2. The van der Waals surface area contributed by atoms with Crippen LogP contribution in [0, 0.1) is 6.92 Å². The molecule has 0 aliphatic rings. The van der Waals surface area contributed by atoms with Crippen molar-refractivity contribution in [2.45, 2.75) is 24.8 Å². The summed E-state index contributed by atoms with van der Waals surface area (Å²) >= 11 is 5.80. The molecule has 96 valence electrons. The van der Waals surface area contributed by atoms with Gasteiger partial charge in [0.1, 0.15) is 0 Å². The maximum Gasteiger partial charge on any atom is 0.243 e. The van der Waals surface area contributed by atoms with E-state index in [0.29, 0.717) is 10.6 Å². The van der Waals surface area contributed by atoms with Crippen molar-refractivity contribution in [1.82, 2.24) is 4.31 Å². The predicted molar refractivity (Wildman–Crippen MR) is 67.7 cm³/mol. The van der Waals surface area contributed by atoms with Crippen LogP contribution in [0.15, 0.2) is 23.1 Å². The van der Waals surface area contributed by atoms with Crippen LogP contribution in [-0.4, -0.2) is 37.5 Å². The SMILES string of the molecule is Cc1ccc(Cl)cc1S(=O)(=O)N(C)CC(C)O. The van der Waals surface area contributed by atoms with E-state index < -0.39 is 16.1 Å². The van der Waals surface area contributed by atoms with Gasteiger partial charge in [-0.15, -0.1) is 0 Å². The van der Waals surface area contributed by atoms with E-state index in [1.807, 2.05) is 0 Å². The van der Waals surface area contributed by atoms with Crippen LogP contribution < -0.4 is 0 Å². The minimum absolute atomic E-state index is 0.0499. The van der Waals surface area contributed by atoms with Crippen LogP contribution in [0.1, 0.15) is 12.5 Å². The van der Waals surface area contributed by atoms with E-state index in [1.54, 1.807) is 19.1 Å². The van der Waals surface area contributed by atoms with Crippen LogP contribution in [-0.2, 0) is 10.0 Å². The lowest BCUT2D eigenvalue weighted by atomic mass is 10.2. The highest BCUT2D eigenvalue weighted by Gasteiger charge is 2.23. The second-order valence-electron chi connectivity index (χ2n) is 4.04. The Balaban J connectivity index is 3.17. The second-order valence-corrected chi connectivity index (χ2v) is 6.49. The Morgan fingerprint density at radius 1 is 1.47 bits per heavy atom. The van der Waals surface area contributed by atoms with E-state index in [4.69, 9.17) is 11.6 Å². The van der Waals surface area contributed by atoms with E-state index in [9.17, 15) is 13.5 Å². The summed E-state index contributed by atoms with van der Waals surface area (Å²) in [4.78, 5) is 0.174. The molecule has 0 amide bonds. The van der Waals surface area contributed by atoms with Gasteiger partial charge < -0.3 is 5.11 Å². The minimum atomic E-state index is -3.60. The van der Waals surface area contributed by atoms with Crippen molar-refractivity contribution in [2.24, 2.45) is 0 Å². The molecule has 1 atom stereocenters. The lowest BCUT2D eigenvalue weighted by molar-refractivity contribution is 0.171. The fourth-order valence-corrected chi connectivity index (χ4v) is 3.23. The van der Waals surface area contributed by atoms with Gasteiger partial charge in [0.25, 0.3) is 0 Å². The molecule has 17 heavy (non-hydrogen) atoms. The topological polar surface area (TPSA) is 57.6 Å². The Bertz CT molecular complexity index is 499. The van der Waals surface area contributed by atoms with Gasteiger partial charge in [-0.1, -0.05) is 17.7 Å². The van der Waals surface area contributed by atoms with Gasteiger partial charge in [0.05, 0.1) is 11.0 Å². The van der Waals surface area contributed by atoms with Crippen LogP contribution in [0.4, 0.5) is 0 Å². The van der Waals surface area contributed by atoms with Crippen molar-refractivity contribution in [2.75, 3.05) is 13.6 Å². The van der Waals surface area contributed by atoms with Crippen molar-refractivity contribution < 1.29 is 13.5 Å². The van der Waals surface area contributed by atoms with Crippen molar-refractivity contribution in [3.63, 3.8) is 0 Å². The van der Waals surface area contributed by atoms with Crippen LogP contribution >= 0.6 is 11.6 Å². The molecule has 0 aliphatic carbocycles. The predicted octanol–water partition coefficient (Wildman–Crippen LogP) is 1.65. The number of likely N-dealkylation sites (N-methyl/N-ethyl adjacent to an activating group) is 1. The summed E-state index contributed by atoms with van der Waals surface area (Å²) in [6.07, 6.45) is -0.714. The van der Waals surface area contributed by atoms with Crippen molar-refractivity contribution in [3.8, 4) is 0 Å². The van der Waals surface area contributed by atoms with Gasteiger partial charge in [0.2, 0.25) is 10.0 Å². The first-order valence-corrected chi connectivity index (χ1v) is 6.97. The van der Waals surface area contributed by atoms with Gasteiger partial charge in [0.15, 0.2) is 0 Å². The standard InChI is InChI=1S/C11H16ClNO3S/c1-8-4-5-10(12)6-11(8)17(15,16)13(3)7-9(2)14/h4-6,9,14H,7H2,1-3H3. The first-order valence-electron chi connectivity index (χ1n) is 5.15. The monoisotopic (exact) mass is 277 g/mol. The average Bonchev–Trinajstić information content (AvgIpc) is 2.20. The molecular formula is C11H16ClNO3S. The van der Waals surface area contributed by atoms with Crippen molar-refractivity contribution >= 4 is 21.6 Å². The molecule has 0 aliphatic heterocycles. The maximum absolute atomic E-state index is 12.2. The highest BCUT2D eigenvalue weighted by Crippen LogP contribution is 2.22. The molecule has 0 saturated heterocycles. The summed E-state index contributed by atoms with van der Waals surface area (Å²) in [5.41, 5.74) is 0.631. The molecule has 0 aromatic heterocycles. The van der Waals surface area contributed by atoms with Crippen LogP contribution in [0.2, 0.25) is 5.02 Å². The Morgan fingerprint density at radius 2 is 2.06 bits per heavy atom. The molecular weight excluding hydrogens is 262 g/mol. The van der Waals surface area contributed by atoms with E-state index in [0.717, 1.165) is 4.31 Å². The molecule has 1 rings (SSSR count). The Labute approximate surface area is 107 Å². The molecule has 0 bridgehead atoms. The van der Waals surface area contributed by atoms with E-state index in [1.165, 1.54) is 20.0 Å². The molecule has 0 radical (unpaired) electrons. The summed E-state index contributed by atoms with van der Waals surface area (Å²) in [6.45, 7) is 3.30.